The summed E-state index contributed by atoms with van der Waals surface area (Å²) in [5.41, 5.74) is 1.60. The fraction of sp³-hybridized carbons (Fsp3) is 0.286. The standard InChI is InChI=1S/C7H7N3O/c1-5-3-6(2)10-7(9-5)8-4-11/h3H,1-2H3. The zero-order valence-corrected chi connectivity index (χ0v) is 6.33. The quantitative estimate of drug-likeness (QED) is 0.443. The average Bonchev–Trinajstić information content (AvgIpc) is 1.85. The van der Waals surface area contributed by atoms with Gasteiger partial charge in [-0.2, -0.15) is 0 Å². The summed E-state index contributed by atoms with van der Waals surface area (Å²) in [6.07, 6.45) is 1.39. The molecule has 0 aliphatic carbocycles. The maximum absolute atomic E-state index is 9.83. The topological polar surface area (TPSA) is 55.2 Å². The van der Waals surface area contributed by atoms with Crippen molar-refractivity contribution in [3.8, 4) is 0 Å². The van der Waals surface area contributed by atoms with Crippen molar-refractivity contribution in [1.29, 1.82) is 0 Å². The summed E-state index contributed by atoms with van der Waals surface area (Å²) in [6, 6.07) is 1.81. The molecule has 0 saturated heterocycles. The van der Waals surface area contributed by atoms with Gasteiger partial charge in [0.25, 0.3) is 5.95 Å². The molecule has 0 unspecified atom stereocenters. The van der Waals surface area contributed by atoms with E-state index >= 15 is 0 Å². The lowest BCUT2D eigenvalue weighted by Gasteiger charge is -1.94. The van der Waals surface area contributed by atoms with Crippen molar-refractivity contribution < 1.29 is 4.79 Å². The van der Waals surface area contributed by atoms with Crippen LogP contribution in [0, 0.1) is 13.8 Å². The summed E-state index contributed by atoms with van der Waals surface area (Å²) in [4.78, 5) is 20.9. The molecule has 0 N–H and O–H groups in total. The Hall–Kier alpha value is -1.54. The van der Waals surface area contributed by atoms with Crippen molar-refractivity contribution in [3.05, 3.63) is 17.5 Å². The molecule has 1 aromatic rings. The van der Waals surface area contributed by atoms with Crippen molar-refractivity contribution in [1.82, 2.24) is 9.97 Å². The maximum atomic E-state index is 9.83. The summed E-state index contributed by atoms with van der Waals surface area (Å²) in [5.74, 6) is 0.178. The predicted molar refractivity (Wildman–Crippen MR) is 39.3 cm³/mol. The Kier molecular flexibility index (Phi) is 2.09. The Bertz CT molecular complexity index is 295. The van der Waals surface area contributed by atoms with E-state index in [1.54, 1.807) is 0 Å². The third-order valence-electron chi connectivity index (χ3n) is 1.12. The zero-order valence-electron chi connectivity index (χ0n) is 6.33. The van der Waals surface area contributed by atoms with Gasteiger partial charge in [-0.3, -0.25) is 0 Å². The zero-order chi connectivity index (χ0) is 8.27. The second-order valence-corrected chi connectivity index (χ2v) is 2.15. The molecule has 1 heterocycles. The van der Waals surface area contributed by atoms with E-state index in [9.17, 15) is 4.79 Å². The number of carbonyl (C=O) groups excluding carboxylic acids is 1. The minimum absolute atomic E-state index is 0.178. The van der Waals surface area contributed by atoms with Crippen molar-refractivity contribution in [2.75, 3.05) is 0 Å². The highest BCUT2D eigenvalue weighted by atomic mass is 16.1. The monoisotopic (exact) mass is 149 g/mol. The van der Waals surface area contributed by atoms with Gasteiger partial charge in [-0.15, -0.1) is 4.99 Å². The number of nitrogens with zero attached hydrogens (tertiary/aromatic N) is 3. The van der Waals surface area contributed by atoms with Gasteiger partial charge < -0.3 is 0 Å². The Morgan fingerprint density at radius 2 is 1.91 bits per heavy atom. The van der Waals surface area contributed by atoms with Gasteiger partial charge in [-0.25, -0.2) is 14.8 Å². The fourth-order valence-corrected chi connectivity index (χ4v) is 0.798. The number of aryl methyl sites for hydroxylation is 2. The highest BCUT2D eigenvalue weighted by Crippen LogP contribution is 2.05. The van der Waals surface area contributed by atoms with E-state index in [1.807, 2.05) is 19.9 Å². The number of aliphatic imine (C=N–C) groups is 1. The van der Waals surface area contributed by atoms with E-state index in [-0.39, 0.29) is 5.95 Å². The number of rotatable bonds is 1. The Morgan fingerprint density at radius 1 is 1.36 bits per heavy atom. The van der Waals surface area contributed by atoms with Crippen LogP contribution >= 0.6 is 0 Å². The van der Waals surface area contributed by atoms with Gasteiger partial charge in [0.2, 0.25) is 6.08 Å². The maximum Gasteiger partial charge on any atom is 0.260 e. The SMILES string of the molecule is Cc1cc(C)nc(N=C=O)n1. The van der Waals surface area contributed by atoms with Crippen LogP contribution in [0.2, 0.25) is 0 Å². The van der Waals surface area contributed by atoms with Crippen LogP contribution in [0.15, 0.2) is 11.1 Å². The summed E-state index contributed by atoms with van der Waals surface area (Å²) in [6.45, 7) is 3.64. The molecule has 0 aliphatic rings. The molecule has 4 heteroatoms. The van der Waals surface area contributed by atoms with Gasteiger partial charge >= 0.3 is 0 Å². The molecule has 4 nitrogen and oxygen atoms in total. The molecular formula is C7H7N3O. The number of aromatic nitrogens is 2. The number of hydrogen-bond donors (Lipinski definition) is 0. The van der Waals surface area contributed by atoms with Crippen molar-refractivity contribution in [2.45, 2.75) is 13.8 Å². The third kappa shape index (κ3) is 1.95. The third-order valence-corrected chi connectivity index (χ3v) is 1.12. The van der Waals surface area contributed by atoms with Crippen LogP contribution in [-0.2, 0) is 4.79 Å². The molecule has 56 valence electrons. The fourth-order valence-electron chi connectivity index (χ4n) is 0.798. The van der Waals surface area contributed by atoms with Gasteiger partial charge in [0.1, 0.15) is 0 Å². The van der Waals surface area contributed by atoms with Crippen LogP contribution in [0.1, 0.15) is 11.4 Å². The molecule has 1 rings (SSSR count). The van der Waals surface area contributed by atoms with Crippen LogP contribution in [-0.4, -0.2) is 16.0 Å². The molecule has 0 aromatic carbocycles. The molecule has 0 atom stereocenters. The first-order chi connectivity index (χ1) is 5.22. The molecule has 11 heavy (non-hydrogen) atoms. The van der Waals surface area contributed by atoms with Gasteiger partial charge in [0, 0.05) is 11.4 Å². The van der Waals surface area contributed by atoms with E-state index in [0.29, 0.717) is 0 Å². The highest BCUT2D eigenvalue weighted by Gasteiger charge is 1.95. The molecule has 1 aromatic heterocycles. The molecule has 0 saturated carbocycles. The predicted octanol–water partition coefficient (Wildman–Crippen LogP) is 1.06. The lowest BCUT2D eigenvalue weighted by Crippen LogP contribution is -1.87. The smallest absolute Gasteiger partial charge is 0.216 e. The minimum Gasteiger partial charge on any atom is -0.216 e. The summed E-state index contributed by atoms with van der Waals surface area (Å²) in [7, 11) is 0. The van der Waals surface area contributed by atoms with Crippen molar-refractivity contribution in [2.24, 2.45) is 4.99 Å². The minimum atomic E-state index is 0.178. The lowest BCUT2D eigenvalue weighted by atomic mass is 10.4. The summed E-state index contributed by atoms with van der Waals surface area (Å²) >= 11 is 0. The van der Waals surface area contributed by atoms with Crippen LogP contribution in [0.4, 0.5) is 5.95 Å². The molecule has 0 aliphatic heterocycles. The van der Waals surface area contributed by atoms with Crippen LogP contribution in [0.5, 0.6) is 0 Å². The van der Waals surface area contributed by atoms with Gasteiger partial charge in [-0.05, 0) is 19.9 Å². The van der Waals surface area contributed by atoms with E-state index in [2.05, 4.69) is 15.0 Å². The van der Waals surface area contributed by atoms with E-state index in [1.165, 1.54) is 6.08 Å². The van der Waals surface area contributed by atoms with Gasteiger partial charge in [0.15, 0.2) is 0 Å². The molecule has 0 fully saturated rings. The van der Waals surface area contributed by atoms with Crippen molar-refractivity contribution >= 4 is 12.0 Å². The number of isocyanates is 1. The average molecular weight is 149 g/mol. The van der Waals surface area contributed by atoms with Crippen LogP contribution < -0.4 is 0 Å². The van der Waals surface area contributed by atoms with E-state index in [0.717, 1.165) is 11.4 Å². The summed E-state index contributed by atoms with van der Waals surface area (Å²) < 4.78 is 0. The Labute approximate surface area is 64.0 Å². The Morgan fingerprint density at radius 3 is 2.36 bits per heavy atom. The molecule has 0 amide bonds. The molecular weight excluding hydrogens is 142 g/mol. The summed E-state index contributed by atoms with van der Waals surface area (Å²) in [5, 5.41) is 0. The normalized spacial score (nSPS) is 8.91. The Balaban J connectivity index is 3.18. The molecule has 0 spiro atoms. The lowest BCUT2D eigenvalue weighted by molar-refractivity contribution is 0.565. The van der Waals surface area contributed by atoms with E-state index in [4.69, 9.17) is 0 Å². The first kappa shape index (κ1) is 7.57. The largest absolute Gasteiger partial charge is 0.260 e. The van der Waals surface area contributed by atoms with Crippen LogP contribution in [0.3, 0.4) is 0 Å². The second kappa shape index (κ2) is 3.03. The van der Waals surface area contributed by atoms with Crippen LogP contribution in [0.25, 0.3) is 0 Å². The van der Waals surface area contributed by atoms with Crippen molar-refractivity contribution in [3.63, 3.8) is 0 Å². The van der Waals surface area contributed by atoms with E-state index < -0.39 is 0 Å². The number of hydrogen-bond acceptors (Lipinski definition) is 4. The van der Waals surface area contributed by atoms with Gasteiger partial charge in [0.05, 0.1) is 0 Å². The first-order valence-electron chi connectivity index (χ1n) is 3.12. The second-order valence-electron chi connectivity index (χ2n) is 2.15. The molecule has 0 radical (unpaired) electrons. The van der Waals surface area contributed by atoms with Gasteiger partial charge in [-0.1, -0.05) is 0 Å². The first-order valence-corrected chi connectivity index (χ1v) is 3.12. The molecule has 0 bridgehead atoms. The highest BCUT2D eigenvalue weighted by molar-refractivity contribution is 5.41.